The number of sulfone groups is 1. The minimum absolute atomic E-state index is 0.114. The molecule has 0 amide bonds. The van der Waals surface area contributed by atoms with Crippen LogP contribution in [0.15, 0.2) is 18.2 Å². The molecular formula is C17H21ClN4O2S. The molecule has 0 aliphatic carbocycles. The van der Waals surface area contributed by atoms with Gasteiger partial charge in [0.05, 0.1) is 22.2 Å². The zero-order valence-electron chi connectivity index (χ0n) is 14.4. The van der Waals surface area contributed by atoms with Crippen LogP contribution in [0.5, 0.6) is 0 Å². The van der Waals surface area contributed by atoms with E-state index in [1.807, 2.05) is 32.9 Å². The molecule has 1 aliphatic rings. The van der Waals surface area contributed by atoms with Crippen molar-refractivity contribution >= 4 is 38.9 Å². The quantitative estimate of drug-likeness (QED) is 0.845. The average Bonchev–Trinajstić information content (AvgIpc) is 2.81. The van der Waals surface area contributed by atoms with Crippen LogP contribution in [0.1, 0.15) is 23.2 Å². The van der Waals surface area contributed by atoms with E-state index in [1.165, 1.54) is 0 Å². The van der Waals surface area contributed by atoms with Crippen LogP contribution in [0.4, 0.5) is 17.5 Å². The van der Waals surface area contributed by atoms with Crippen LogP contribution in [-0.2, 0) is 9.84 Å². The lowest BCUT2D eigenvalue weighted by Gasteiger charge is -2.15. The molecule has 2 N–H and O–H groups in total. The first kappa shape index (κ1) is 17.9. The zero-order valence-corrected chi connectivity index (χ0v) is 16.0. The van der Waals surface area contributed by atoms with Gasteiger partial charge in [0.25, 0.3) is 0 Å². The third-order valence-corrected chi connectivity index (χ3v) is 6.17. The Hall–Kier alpha value is -1.86. The molecule has 1 aliphatic heterocycles. The van der Waals surface area contributed by atoms with E-state index in [-0.39, 0.29) is 17.5 Å². The van der Waals surface area contributed by atoms with Crippen LogP contribution in [0.2, 0.25) is 5.02 Å². The van der Waals surface area contributed by atoms with Crippen molar-refractivity contribution in [3.05, 3.63) is 40.0 Å². The summed E-state index contributed by atoms with van der Waals surface area (Å²) in [6.07, 6.45) is 0.594. The third kappa shape index (κ3) is 4.41. The van der Waals surface area contributed by atoms with Gasteiger partial charge >= 0.3 is 0 Å². The van der Waals surface area contributed by atoms with Gasteiger partial charge in [-0.15, -0.1) is 0 Å². The molecule has 3 rings (SSSR count). The molecule has 1 saturated heterocycles. The fourth-order valence-electron chi connectivity index (χ4n) is 3.00. The van der Waals surface area contributed by atoms with Gasteiger partial charge in [-0.3, -0.25) is 0 Å². The number of aryl methyl sites for hydroxylation is 3. The highest BCUT2D eigenvalue weighted by Crippen LogP contribution is 2.29. The van der Waals surface area contributed by atoms with Crippen molar-refractivity contribution in [3.8, 4) is 0 Å². The second-order valence-corrected chi connectivity index (χ2v) is 9.16. The van der Waals surface area contributed by atoms with E-state index in [1.54, 1.807) is 6.07 Å². The molecule has 0 radical (unpaired) electrons. The molecule has 0 bridgehead atoms. The van der Waals surface area contributed by atoms with E-state index in [0.717, 1.165) is 22.5 Å². The monoisotopic (exact) mass is 380 g/mol. The summed E-state index contributed by atoms with van der Waals surface area (Å²) in [5.41, 5.74) is 3.64. The van der Waals surface area contributed by atoms with Crippen molar-refractivity contribution in [2.45, 2.75) is 33.2 Å². The number of anilines is 3. The van der Waals surface area contributed by atoms with E-state index in [0.29, 0.717) is 23.2 Å². The summed E-state index contributed by atoms with van der Waals surface area (Å²) < 4.78 is 23.2. The van der Waals surface area contributed by atoms with E-state index >= 15 is 0 Å². The maximum Gasteiger partial charge on any atom is 0.229 e. The van der Waals surface area contributed by atoms with Crippen LogP contribution in [0, 0.1) is 20.8 Å². The molecule has 2 heterocycles. The Morgan fingerprint density at radius 3 is 2.56 bits per heavy atom. The third-order valence-electron chi connectivity index (χ3n) is 4.11. The SMILES string of the molecule is Cc1cc(C)c(Nc2nc(C)cc(NC3CCS(=O)(=O)C3)n2)c(Cl)c1. The van der Waals surface area contributed by atoms with E-state index in [2.05, 4.69) is 20.6 Å². The van der Waals surface area contributed by atoms with E-state index in [9.17, 15) is 8.42 Å². The minimum atomic E-state index is -2.94. The lowest BCUT2D eigenvalue weighted by molar-refractivity contribution is 0.602. The first-order valence-corrected chi connectivity index (χ1v) is 10.3. The number of halogens is 1. The Kier molecular flexibility index (Phi) is 4.88. The molecule has 1 unspecified atom stereocenters. The van der Waals surface area contributed by atoms with Gasteiger partial charge in [-0.25, -0.2) is 13.4 Å². The standard InChI is InChI=1S/C17H21ClN4O2S/c1-10-6-11(2)16(14(18)7-10)22-17-19-12(3)8-15(21-17)20-13-4-5-25(23,24)9-13/h6-8,13H,4-5,9H2,1-3H3,(H2,19,20,21,22). The van der Waals surface area contributed by atoms with Crippen molar-refractivity contribution in [1.82, 2.24) is 9.97 Å². The van der Waals surface area contributed by atoms with Crippen molar-refractivity contribution < 1.29 is 8.42 Å². The molecular weight excluding hydrogens is 360 g/mol. The highest BCUT2D eigenvalue weighted by molar-refractivity contribution is 7.91. The summed E-state index contributed by atoms with van der Waals surface area (Å²) in [6.45, 7) is 5.83. The second-order valence-electron chi connectivity index (χ2n) is 6.53. The smallest absolute Gasteiger partial charge is 0.229 e. The van der Waals surface area contributed by atoms with Gasteiger partial charge < -0.3 is 10.6 Å². The van der Waals surface area contributed by atoms with Crippen LogP contribution in [0.3, 0.4) is 0 Å². The lowest BCUT2D eigenvalue weighted by atomic mass is 10.1. The number of nitrogens with one attached hydrogen (secondary N) is 2. The molecule has 2 aromatic rings. The first-order valence-electron chi connectivity index (χ1n) is 8.08. The Balaban J connectivity index is 1.83. The Morgan fingerprint density at radius 1 is 1.16 bits per heavy atom. The van der Waals surface area contributed by atoms with Crippen LogP contribution >= 0.6 is 11.6 Å². The number of hydrogen-bond acceptors (Lipinski definition) is 6. The lowest BCUT2D eigenvalue weighted by Crippen LogP contribution is -2.21. The van der Waals surface area contributed by atoms with Crippen molar-refractivity contribution in [2.24, 2.45) is 0 Å². The van der Waals surface area contributed by atoms with Gasteiger partial charge in [-0.05, 0) is 44.4 Å². The van der Waals surface area contributed by atoms with Crippen LogP contribution < -0.4 is 10.6 Å². The fourth-order valence-corrected chi connectivity index (χ4v) is 5.04. The molecule has 134 valence electrons. The molecule has 1 fully saturated rings. The van der Waals surface area contributed by atoms with Gasteiger partial charge in [-0.1, -0.05) is 17.7 Å². The molecule has 1 aromatic carbocycles. The number of nitrogens with zero attached hydrogens (tertiary/aromatic N) is 2. The zero-order chi connectivity index (χ0) is 18.2. The number of hydrogen-bond donors (Lipinski definition) is 2. The molecule has 0 saturated carbocycles. The van der Waals surface area contributed by atoms with E-state index < -0.39 is 9.84 Å². The highest BCUT2D eigenvalue weighted by atomic mass is 35.5. The maximum atomic E-state index is 11.6. The van der Waals surface area contributed by atoms with Crippen LogP contribution in [0.25, 0.3) is 0 Å². The van der Waals surface area contributed by atoms with Crippen LogP contribution in [-0.4, -0.2) is 35.9 Å². The molecule has 1 atom stereocenters. The summed E-state index contributed by atoms with van der Waals surface area (Å²) in [6, 6.07) is 5.61. The Morgan fingerprint density at radius 2 is 1.92 bits per heavy atom. The Bertz CT molecular complexity index is 892. The predicted molar refractivity (Wildman–Crippen MR) is 102 cm³/mol. The fraction of sp³-hybridized carbons (Fsp3) is 0.412. The summed E-state index contributed by atoms with van der Waals surface area (Å²) in [7, 11) is -2.94. The molecule has 0 spiro atoms. The largest absolute Gasteiger partial charge is 0.366 e. The van der Waals surface area contributed by atoms with Gasteiger partial charge in [0, 0.05) is 17.8 Å². The van der Waals surface area contributed by atoms with Crippen molar-refractivity contribution in [3.63, 3.8) is 0 Å². The summed E-state index contributed by atoms with van der Waals surface area (Å²) in [4.78, 5) is 8.86. The van der Waals surface area contributed by atoms with Crippen molar-refractivity contribution in [2.75, 3.05) is 22.1 Å². The summed E-state index contributed by atoms with van der Waals surface area (Å²) in [5.74, 6) is 1.40. The van der Waals surface area contributed by atoms with Crippen molar-refractivity contribution in [1.29, 1.82) is 0 Å². The first-order chi connectivity index (χ1) is 11.7. The van der Waals surface area contributed by atoms with Gasteiger partial charge in [0.2, 0.25) is 5.95 Å². The molecule has 8 heteroatoms. The van der Waals surface area contributed by atoms with E-state index in [4.69, 9.17) is 11.6 Å². The topological polar surface area (TPSA) is 84.0 Å². The maximum absolute atomic E-state index is 11.6. The van der Waals surface area contributed by atoms with Gasteiger partial charge in [0.15, 0.2) is 9.84 Å². The number of benzene rings is 1. The highest BCUT2D eigenvalue weighted by Gasteiger charge is 2.28. The molecule has 25 heavy (non-hydrogen) atoms. The second kappa shape index (κ2) is 6.80. The average molecular weight is 381 g/mol. The number of rotatable bonds is 4. The predicted octanol–water partition coefficient (Wildman–Crippen LogP) is 3.40. The summed E-state index contributed by atoms with van der Waals surface area (Å²) in [5, 5.41) is 6.99. The normalized spacial score (nSPS) is 19.0. The Labute approximate surface area is 153 Å². The minimum Gasteiger partial charge on any atom is -0.366 e. The van der Waals surface area contributed by atoms with Gasteiger partial charge in [0.1, 0.15) is 5.82 Å². The summed E-state index contributed by atoms with van der Waals surface area (Å²) >= 11 is 6.33. The molecule has 1 aromatic heterocycles. The van der Waals surface area contributed by atoms with Gasteiger partial charge in [-0.2, -0.15) is 4.98 Å². The molecule has 6 nitrogen and oxygen atoms in total. The number of aromatic nitrogens is 2.